The number of nitrogens with two attached hydrogens (primary N) is 1. The Hall–Kier alpha value is -3.84. The predicted molar refractivity (Wildman–Crippen MR) is 146 cm³/mol. The number of pyridine rings is 1. The highest BCUT2D eigenvalue weighted by Crippen LogP contribution is 2.43. The quantitative estimate of drug-likeness (QED) is 0.390. The molecule has 2 unspecified atom stereocenters. The van der Waals surface area contributed by atoms with Crippen LogP contribution in [0.1, 0.15) is 30.9 Å². The summed E-state index contributed by atoms with van der Waals surface area (Å²) >= 11 is 6.13. The van der Waals surface area contributed by atoms with Crippen molar-refractivity contribution >= 4 is 29.3 Å². The van der Waals surface area contributed by atoms with Crippen LogP contribution in [0.25, 0.3) is 11.1 Å². The second-order valence-electron chi connectivity index (χ2n) is 10.5. The van der Waals surface area contributed by atoms with Crippen LogP contribution in [0.4, 0.5) is 24.9 Å². The van der Waals surface area contributed by atoms with Gasteiger partial charge in [-0.3, -0.25) is 9.59 Å². The van der Waals surface area contributed by atoms with Crippen LogP contribution in [0.2, 0.25) is 5.02 Å². The van der Waals surface area contributed by atoms with Crippen molar-refractivity contribution in [2.45, 2.75) is 37.6 Å². The second-order valence-corrected chi connectivity index (χ2v) is 11.0. The lowest BCUT2D eigenvalue weighted by molar-refractivity contribution is -0.198. The molecule has 2 saturated heterocycles. The van der Waals surface area contributed by atoms with Crippen molar-refractivity contribution in [1.29, 1.82) is 0 Å². The molecule has 41 heavy (non-hydrogen) atoms. The molecule has 1 spiro atoms. The molecule has 0 radical (unpaired) electrons. The van der Waals surface area contributed by atoms with Gasteiger partial charge in [-0.15, -0.1) is 0 Å². The van der Waals surface area contributed by atoms with Crippen molar-refractivity contribution in [2.75, 3.05) is 30.3 Å². The van der Waals surface area contributed by atoms with Crippen molar-refractivity contribution in [1.82, 2.24) is 19.9 Å². The molecule has 10 nitrogen and oxygen atoms in total. The standard InChI is InChI=1S/C27H28ClF3N6O4/c1-36-7-4-15(10-22(36)38)18-11-16(28)2-3-17(18)23(27(29,30)31)41-21-12-20(34-25(32)35-21)37-8-5-26(6-9-37)13-19(24(39)40)33-14-26/h2-4,7,10-12,19,23,33H,5-6,8-9,13-14H2,1H3,(H,39,40)(H2,32,34,35). The summed E-state index contributed by atoms with van der Waals surface area (Å²) in [4.78, 5) is 33.6. The molecule has 2 aliphatic rings. The first-order valence-corrected chi connectivity index (χ1v) is 13.3. The van der Waals surface area contributed by atoms with E-state index in [1.807, 2.05) is 4.90 Å². The first-order valence-electron chi connectivity index (χ1n) is 12.9. The number of benzene rings is 1. The molecule has 3 aromatic rings. The van der Waals surface area contributed by atoms with E-state index in [0.29, 0.717) is 44.7 Å². The Balaban J connectivity index is 1.42. The summed E-state index contributed by atoms with van der Waals surface area (Å²) < 4.78 is 50.2. The van der Waals surface area contributed by atoms with Gasteiger partial charge in [0.25, 0.3) is 5.56 Å². The Labute approximate surface area is 237 Å². The monoisotopic (exact) mass is 592 g/mol. The molecule has 2 aromatic heterocycles. The molecule has 2 fully saturated rings. The number of halogens is 4. The Morgan fingerprint density at radius 3 is 2.59 bits per heavy atom. The highest BCUT2D eigenvalue weighted by molar-refractivity contribution is 6.30. The number of hydrogen-bond acceptors (Lipinski definition) is 8. The van der Waals surface area contributed by atoms with Crippen LogP contribution in [-0.4, -0.2) is 57.5 Å². The van der Waals surface area contributed by atoms with Crippen LogP contribution in [0, 0.1) is 5.41 Å². The number of nitrogen functional groups attached to an aromatic ring is 1. The van der Waals surface area contributed by atoms with E-state index >= 15 is 0 Å². The first kappa shape index (κ1) is 28.7. The number of carboxylic acid groups (broad SMARTS) is 1. The third kappa shape index (κ3) is 6.10. The third-order valence-corrected chi connectivity index (χ3v) is 8.00. The van der Waals surface area contributed by atoms with Crippen LogP contribution in [-0.2, 0) is 11.8 Å². The number of carboxylic acids is 1. The van der Waals surface area contributed by atoms with Crippen LogP contribution >= 0.6 is 11.6 Å². The zero-order chi connectivity index (χ0) is 29.5. The number of piperidine rings is 1. The molecule has 2 atom stereocenters. The van der Waals surface area contributed by atoms with Crippen molar-refractivity contribution < 1.29 is 27.8 Å². The number of aromatic nitrogens is 3. The van der Waals surface area contributed by atoms with E-state index in [4.69, 9.17) is 22.1 Å². The van der Waals surface area contributed by atoms with Gasteiger partial charge in [-0.1, -0.05) is 17.7 Å². The maximum Gasteiger partial charge on any atom is 0.429 e. The number of hydrogen-bond donors (Lipinski definition) is 3. The highest BCUT2D eigenvalue weighted by Gasteiger charge is 2.46. The summed E-state index contributed by atoms with van der Waals surface area (Å²) in [7, 11) is 1.53. The number of ether oxygens (including phenoxy) is 1. The summed E-state index contributed by atoms with van der Waals surface area (Å²) in [5.74, 6) is -1.19. The van der Waals surface area contributed by atoms with Crippen molar-refractivity contribution in [3.63, 3.8) is 0 Å². The summed E-state index contributed by atoms with van der Waals surface area (Å²) in [5.41, 5.74) is 5.41. The average molecular weight is 593 g/mol. The fraction of sp³-hybridized carbons (Fsp3) is 0.407. The number of anilines is 2. The normalized spacial score (nSPS) is 19.3. The number of aliphatic carboxylic acids is 1. The van der Waals surface area contributed by atoms with Gasteiger partial charge in [0.15, 0.2) is 0 Å². The zero-order valence-corrected chi connectivity index (χ0v) is 22.7. The third-order valence-electron chi connectivity index (χ3n) is 7.76. The van der Waals surface area contributed by atoms with Gasteiger partial charge in [0.05, 0.1) is 0 Å². The maximum absolute atomic E-state index is 14.5. The Morgan fingerprint density at radius 1 is 1.22 bits per heavy atom. The zero-order valence-electron chi connectivity index (χ0n) is 22.0. The van der Waals surface area contributed by atoms with E-state index in [2.05, 4.69) is 15.3 Å². The average Bonchev–Trinajstić information content (AvgIpc) is 3.32. The summed E-state index contributed by atoms with van der Waals surface area (Å²) in [6, 6.07) is 7.35. The molecular weight excluding hydrogens is 565 g/mol. The fourth-order valence-corrected chi connectivity index (χ4v) is 5.66. The number of aryl methyl sites for hydroxylation is 1. The first-order chi connectivity index (χ1) is 19.3. The van der Waals surface area contributed by atoms with Gasteiger partial charge in [-0.25, -0.2) is 0 Å². The molecule has 1 aromatic carbocycles. The molecule has 0 saturated carbocycles. The second kappa shape index (κ2) is 10.9. The van der Waals surface area contributed by atoms with Crippen molar-refractivity contribution in [3.05, 3.63) is 63.5 Å². The van der Waals surface area contributed by atoms with Gasteiger partial charge in [0, 0.05) is 55.6 Å². The number of alkyl halides is 3. The number of nitrogens with one attached hydrogen (secondary N) is 1. The van der Waals surface area contributed by atoms with Crippen LogP contribution in [0.3, 0.4) is 0 Å². The molecule has 218 valence electrons. The summed E-state index contributed by atoms with van der Waals surface area (Å²) in [6.45, 7) is 1.61. The van der Waals surface area contributed by atoms with Gasteiger partial charge in [-0.2, -0.15) is 23.1 Å². The van der Waals surface area contributed by atoms with E-state index in [9.17, 15) is 27.9 Å². The van der Waals surface area contributed by atoms with Gasteiger partial charge in [0.2, 0.25) is 17.9 Å². The SMILES string of the molecule is Cn1ccc(-c2cc(Cl)ccc2C(Oc2cc(N3CCC4(CC3)CNC(C(=O)O)C4)nc(N)n2)C(F)(F)F)cc1=O. The van der Waals surface area contributed by atoms with Gasteiger partial charge < -0.3 is 30.4 Å². The Morgan fingerprint density at radius 2 is 1.95 bits per heavy atom. The minimum absolute atomic E-state index is 0.0888. The molecule has 14 heteroatoms. The van der Waals surface area contributed by atoms with Crippen molar-refractivity contribution in [3.8, 4) is 17.0 Å². The molecule has 4 heterocycles. The number of carbonyl (C=O) groups is 1. The van der Waals surface area contributed by atoms with Gasteiger partial charge in [0.1, 0.15) is 11.9 Å². The van der Waals surface area contributed by atoms with E-state index in [-0.39, 0.29) is 39.0 Å². The van der Waals surface area contributed by atoms with Crippen LogP contribution in [0.15, 0.2) is 47.4 Å². The highest BCUT2D eigenvalue weighted by atomic mass is 35.5. The number of rotatable bonds is 6. The smallest absolute Gasteiger partial charge is 0.429 e. The molecule has 2 aliphatic heterocycles. The maximum atomic E-state index is 14.5. The summed E-state index contributed by atoms with van der Waals surface area (Å²) in [5, 5.41) is 12.6. The van der Waals surface area contributed by atoms with Crippen LogP contribution in [0.5, 0.6) is 5.88 Å². The lowest BCUT2D eigenvalue weighted by Crippen LogP contribution is -2.41. The largest absolute Gasteiger partial charge is 0.480 e. The van der Waals surface area contributed by atoms with E-state index in [0.717, 1.165) is 0 Å². The topological polar surface area (TPSA) is 136 Å². The van der Waals surface area contributed by atoms with Gasteiger partial charge in [-0.05, 0) is 54.0 Å². The molecule has 0 amide bonds. The molecule has 5 rings (SSSR count). The minimum Gasteiger partial charge on any atom is -0.480 e. The van der Waals surface area contributed by atoms with Crippen molar-refractivity contribution in [2.24, 2.45) is 12.5 Å². The molecule has 4 N–H and O–H groups in total. The molecule has 0 bridgehead atoms. The van der Waals surface area contributed by atoms with E-state index < -0.39 is 29.9 Å². The van der Waals surface area contributed by atoms with Gasteiger partial charge >= 0.3 is 12.1 Å². The van der Waals surface area contributed by atoms with Crippen LogP contribution < -0.4 is 26.2 Å². The fourth-order valence-electron chi connectivity index (χ4n) is 5.49. The van der Waals surface area contributed by atoms with E-state index in [1.54, 1.807) is 0 Å². The lowest BCUT2D eigenvalue weighted by Gasteiger charge is -2.39. The predicted octanol–water partition coefficient (Wildman–Crippen LogP) is 3.79. The number of nitrogens with zero attached hydrogens (tertiary/aromatic N) is 4. The Kier molecular flexibility index (Phi) is 7.60. The summed E-state index contributed by atoms with van der Waals surface area (Å²) in [6.07, 6.45) is -3.99. The Bertz CT molecular complexity index is 1520. The lowest BCUT2D eigenvalue weighted by atomic mass is 9.76. The minimum atomic E-state index is -4.87. The van der Waals surface area contributed by atoms with E-state index in [1.165, 1.54) is 54.2 Å². The molecular formula is C27H28ClF3N6O4. The molecule has 0 aliphatic carbocycles.